The van der Waals surface area contributed by atoms with Gasteiger partial charge in [0.2, 0.25) is 0 Å². The van der Waals surface area contributed by atoms with Crippen LogP contribution in [-0.2, 0) is 16.0 Å². The van der Waals surface area contributed by atoms with Crippen LogP contribution in [0.25, 0.3) is 28.0 Å². The van der Waals surface area contributed by atoms with Crippen LogP contribution in [0.3, 0.4) is 0 Å². The lowest BCUT2D eigenvalue weighted by Crippen LogP contribution is -2.53. The van der Waals surface area contributed by atoms with Gasteiger partial charge in [-0.05, 0) is 18.2 Å². The zero-order valence-corrected chi connectivity index (χ0v) is 20.7. The molecule has 196 valence electrons. The van der Waals surface area contributed by atoms with Crippen molar-refractivity contribution in [1.29, 1.82) is 0 Å². The first-order valence-electron chi connectivity index (χ1n) is 11.0. The second-order valence-electron chi connectivity index (χ2n) is 8.65. The number of aromatic nitrogens is 3. The maximum absolute atomic E-state index is 13.2. The van der Waals surface area contributed by atoms with Crippen LogP contribution in [0, 0.1) is 0 Å². The molecule has 1 aliphatic heterocycles. The lowest BCUT2D eigenvalue weighted by molar-refractivity contribution is -0.137. The Balaban J connectivity index is 1.74. The van der Waals surface area contributed by atoms with E-state index in [9.17, 15) is 31.2 Å². The zero-order valence-electron chi connectivity index (χ0n) is 19.2. The van der Waals surface area contributed by atoms with Crippen LogP contribution >= 0.6 is 11.6 Å². The fourth-order valence-electron chi connectivity index (χ4n) is 4.24. The summed E-state index contributed by atoms with van der Waals surface area (Å²) in [5.74, 6) is -2.39. The van der Waals surface area contributed by atoms with Crippen LogP contribution < -0.4 is 11.1 Å². The number of sulfone groups is 1. The summed E-state index contributed by atoms with van der Waals surface area (Å²) in [6, 6.07) is 10.2. The highest BCUT2D eigenvalue weighted by molar-refractivity contribution is 7.92. The normalized spacial score (nSPS) is 15.3. The molecule has 1 fully saturated rings. The summed E-state index contributed by atoms with van der Waals surface area (Å²) in [6.45, 7) is 0. The van der Waals surface area contributed by atoms with Crippen molar-refractivity contribution in [3.63, 3.8) is 0 Å². The molecule has 2 aromatic carbocycles. The first-order valence-corrected chi connectivity index (χ1v) is 13.2. The number of benzene rings is 2. The van der Waals surface area contributed by atoms with Gasteiger partial charge in [-0.1, -0.05) is 41.9 Å². The molecule has 2 amide bonds. The molecule has 0 aliphatic carbocycles. The topological polar surface area (TPSA) is 137 Å². The highest BCUT2D eigenvalue weighted by atomic mass is 35.5. The summed E-state index contributed by atoms with van der Waals surface area (Å²) in [5, 5.41) is 7.06. The van der Waals surface area contributed by atoms with Crippen molar-refractivity contribution in [3.05, 3.63) is 76.6 Å². The summed E-state index contributed by atoms with van der Waals surface area (Å²) < 4.78 is 63.8. The van der Waals surface area contributed by atoms with Gasteiger partial charge in [0.15, 0.2) is 21.2 Å². The zero-order chi connectivity index (χ0) is 27.4. The number of nitrogens with two attached hydrogens (primary N) is 1. The molecule has 1 saturated heterocycles. The van der Waals surface area contributed by atoms with Gasteiger partial charge in [-0.3, -0.25) is 9.59 Å². The van der Waals surface area contributed by atoms with E-state index in [4.69, 9.17) is 17.3 Å². The molecular weight excluding hydrogens is 547 g/mol. The van der Waals surface area contributed by atoms with Crippen molar-refractivity contribution < 1.29 is 31.2 Å². The van der Waals surface area contributed by atoms with Gasteiger partial charge in [-0.2, -0.15) is 18.3 Å². The summed E-state index contributed by atoms with van der Waals surface area (Å²) in [4.78, 5) is 29.7. The van der Waals surface area contributed by atoms with Crippen molar-refractivity contribution in [2.75, 3.05) is 11.5 Å². The molecule has 0 atom stereocenters. The predicted octanol–water partition coefficient (Wildman–Crippen LogP) is 3.36. The maximum atomic E-state index is 13.2. The molecule has 9 nitrogen and oxygen atoms in total. The number of nitrogens with one attached hydrogen (secondary N) is 1. The molecule has 0 bridgehead atoms. The van der Waals surface area contributed by atoms with Crippen LogP contribution in [0.1, 0.15) is 26.4 Å². The molecule has 0 unspecified atom stereocenters. The second-order valence-corrected chi connectivity index (χ2v) is 11.2. The van der Waals surface area contributed by atoms with Crippen molar-refractivity contribution in [2.24, 2.45) is 5.73 Å². The van der Waals surface area contributed by atoms with E-state index in [0.717, 1.165) is 16.6 Å². The third kappa shape index (κ3) is 4.58. The number of hydrogen-bond acceptors (Lipinski definition) is 6. The van der Waals surface area contributed by atoms with Crippen molar-refractivity contribution >= 4 is 38.9 Å². The number of nitrogens with zero attached hydrogens (tertiary/aromatic N) is 3. The highest BCUT2D eigenvalue weighted by Crippen LogP contribution is 2.38. The Morgan fingerprint density at radius 1 is 1.05 bits per heavy atom. The average Bonchev–Trinajstić information content (AvgIpc) is 3.22. The van der Waals surface area contributed by atoms with Crippen LogP contribution in [-0.4, -0.2) is 52.4 Å². The minimum absolute atomic E-state index is 0.107. The number of amides is 2. The molecule has 2 aromatic heterocycles. The number of halogens is 4. The predicted molar refractivity (Wildman–Crippen MR) is 132 cm³/mol. The number of fused-ring (bicyclic) bond motifs is 1. The Kier molecular flexibility index (Phi) is 6.15. The SMILES string of the molecule is NC(=O)c1nn2c(-c3ccc(C(F)(F)F)cc3)c(-c3ccccc3Cl)cnc2c1C(=O)NC1CS(=O)(=O)C1. The van der Waals surface area contributed by atoms with E-state index in [0.29, 0.717) is 16.1 Å². The minimum atomic E-state index is -4.57. The number of primary amides is 1. The van der Waals surface area contributed by atoms with Crippen LogP contribution in [0.5, 0.6) is 0 Å². The molecule has 14 heteroatoms. The number of carbonyl (C=O) groups excluding carboxylic acids is 2. The number of rotatable bonds is 5. The van der Waals surface area contributed by atoms with E-state index < -0.39 is 45.1 Å². The molecule has 3 heterocycles. The van der Waals surface area contributed by atoms with E-state index in [-0.39, 0.29) is 34.0 Å². The van der Waals surface area contributed by atoms with E-state index >= 15 is 0 Å². The number of alkyl halides is 3. The number of carbonyl (C=O) groups is 2. The van der Waals surface area contributed by atoms with E-state index in [2.05, 4.69) is 15.4 Å². The van der Waals surface area contributed by atoms with Gasteiger partial charge in [0, 0.05) is 27.9 Å². The van der Waals surface area contributed by atoms with E-state index in [1.54, 1.807) is 24.3 Å². The summed E-state index contributed by atoms with van der Waals surface area (Å²) in [6.07, 6.45) is -3.21. The fourth-order valence-corrected chi connectivity index (χ4v) is 5.78. The second kappa shape index (κ2) is 9.10. The van der Waals surface area contributed by atoms with Crippen LogP contribution in [0.15, 0.2) is 54.7 Å². The molecule has 1 aliphatic rings. The molecule has 38 heavy (non-hydrogen) atoms. The Bertz CT molecular complexity index is 1710. The molecule has 0 spiro atoms. The summed E-state index contributed by atoms with van der Waals surface area (Å²) in [5.41, 5.74) is 5.08. The maximum Gasteiger partial charge on any atom is 0.416 e. The number of hydrogen-bond donors (Lipinski definition) is 2. The summed E-state index contributed by atoms with van der Waals surface area (Å²) in [7, 11) is -3.25. The molecule has 4 aromatic rings. The van der Waals surface area contributed by atoms with Crippen molar-refractivity contribution in [1.82, 2.24) is 19.9 Å². The Morgan fingerprint density at radius 2 is 1.71 bits per heavy atom. The third-order valence-corrected chi connectivity index (χ3v) is 8.15. The standard InChI is InChI=1S/C24H17ClF3N5O4S/c25-17-4-2-1-3-15(17)16-9-30-22-18(23(35)31-14-10-38(36,37)11-14)19(21(29)34)32-33(22)20(16)12-5-7-13(8-6-12)24(26,27)28/h1-9,14H,10-11H2,(H2,29,34)(H,31,35). The Hall–Kier alpha value is -3.97. The molecular formula is C24H17ClF3N5O4S. The quantitative estimate of drug-likeness (QED) is 0.382. The fraction of sp³-hybridized carbons (Fsp3) is 0.167. The van der Waals surface area contributed by atoms with Gasteiger partial charge in [0.05, 0.1) is 28.8 Å². The van der Waals surface area contributed by atoms with Gasteiger partial charge in [-0.15, -0.1) is 0 Å². The largest absolute Gasteiger partial charge is 0.416 e. The smallest absolute Gasteiger partial charge is 0.364 e. The lowest BCUT2D eigenvalue weighted by atomic mass is 9.99. The van der Waals surface area contributed by atoms with E-state index in [1.165, 1.54) is 18.3 Å². The Morgan fingerprint density at radius 3 is 2.29 bits per heavy atom. The van der Waals surface area contributed by atoms with Gasteiger partial charge in [0.25, 0.3) is 11.8 Å². The van der Waals surface area contributed by atoms with Gasteiger partial charge < -0.3 is 11.1 Å². The summed E-state index contributed by atoms with van der Waals surface area (Å²) >= 11 is 6.40. The first-order chi connectivity index (χ1) is 17.9. The molecule has 5 rings (SSSR count). The Labute approximate surface area is 218 Å². The molecule has 0 saturated carbocycles. The minimum Gasteiger partial charge on any atom is -0.364 e. The van der Waals surface area contributed by atoms with Gasteiger partial charge in [-0.25, -0.2) is 17.9 Å². The van der Waals surface area contributed by atoms with Crippen LogP contribution in [0.4, 0.5) is 13.2 Å². The van der Waals surface area contributed by atoms with Gasteiger partial charge in [0.1, 0.15) is 5.56 Å². The average molecular weight is 564 g/mol. The highest BCUT2D eigenvalue weighted by Gasteiger charge is 2.37. The van der Waals surface area contributed by atoms with E-state index in [1.807, 2.05) is 0 Å². The third-order valence-electron chi connectivity index (χ3n) is 6.00. The van der Waals surface area contributed by atoms with Crippen LogP contribution in [0.2, 0.25) is 5.02 Å². The molecule has 3 N–H and O–H groups in total. The lowest BCUT2D eigenvalue weighted by Gasteiger charge is -2.26. The first kappa shape index (κ1) is 25.7. The van der Waals surface area contributed by atoms with Crippen molar-refractivity contribution in [3.8, 4) is 22.4 Å². The monoisotopic (exact) mass is 563 g/mol. The molecule has 0 radical (unpaired) electrons. The van der Waals surface area contributed by atoms with Crippen molar-refractivity contribution in [2.45, 2.75) is 12.2 Å². The van der Waals surface area contributed by atoms with Gasteiger partial charge >= 0.3 is 6.18 Å².